The molecule has 2 fully saturated rings. The van der Waals surface area contributed by atoms with Gasteiger partial charge < -0.3 is 10.2 Å². The summed E-state index contributed by atoms with van der Waals surface area (Å²) in [6, 6.07) is 0.278. The third-order valence-corrected chi connectivity index (χ3v) is 5.77. The molecule has 1 saturated heterocycles. The quantitative estimate of drug-likeness (QED) is 0.813. The molecule has 0 spiro atoms. The van der Waals surface area contributed by atoms with Gasteiger partial charge in [-0.05, 0) is 45.6 Å². The number of hydrogen-bond donors (Lipinski definition) is 1. The highest BCUT2D eigenvalue weighted by Gasteiger charge is 2.30. The molecule has 0 aromatic carbocycles. The second-order valence-electron chi connectivity index (χ2n) is 7.65. The number of amides is 2. The molecule has 1 aliphatic carbocycles. The van der Waals surface area contributed by atoms with E-state index in [-0.39, 0.29) is 17.9 Å². The molecular weight excluding hydrogens is 330 g/mol. The van der Waals surface area contributed by atoms with Crippen LogP contribution in [-0.4, -0.2) is 69.7 Å². The van der Waals surface area contributed by atoms with Gasteiger partial charge in [0.25, 0.3) is 0 Å². The van der Waals surface area contributed by atoms with Gasteiger partial charge in [-0.2, -0.15) is 5.10 Å². The van der Waals surface area contributed by atoms with E-state index in [4.69, 9.17) is 0 Å². The molecule has 2 heterocycles. The maximum absolute atomic E-state index is 12.6. The van der Waals surface area contributed by atoms with Crippen LogP contribution in [0.3, 0.4) is 0 Å². The van der Waals surface area contributed by atoms with E-state index in [1.165, 1.54) is 5.56 Å². The summed E-state index contributed by atoms with van der Waals surface area (Å²) in [5.41, 5.74) is 3.33. The minimum Gasteiger partial charge on any atom is -0.352 e. The third-order valence-electron chi connectivity index (χ3n) is 5.77. The second-order valence-corrected chi connectivity index (χ2v) is 7.65. The van der Waals surface area contributed by atoms with Crippen LogP contribution in [0.15, 0.2) is 0 Å². The summed E-state index contributed by atoms with van der Waals surface area (Å²) in [7, 11) is 1.94. The van der Waals surface area contributed by atoms with Crippen LogP contribution >= 0.6 is 0 Å². The summed E-state index contributed by atoms with van der Waals surface area (Å²) in [5, 5.41) is 7.49. The summed E-state index contributed by atoms with van der Waals surface area (Å²) >= 11 is 0. The lowest BCUT2D eigenvalue weighted by Gasteiger charge is -2.37. The van der Waals surface area contributed by atoms with Gasteiger partial charge in [0.2, 0.25) is 11.8 Å². The molecular formula is C19H31N5O2. The van der Waals surface area contributed by atoms with Crippen LogP contribution in [0.1, 0.15) is 43.1 Å². The van der Waals surface area contributed by atoms with Crippen LogP contribution in [0.25, 0.3) is 0 Å². The number of rotatable bonds is 6. The Kier molecular flexibility index (Phi) is 5.65. The molecule has 7 heteroatoms. The number of hydrogen-bond acceptors (Lipinski definition) is 4. The maximum Gasteiger partial charge on any atom is 0.237 e. The lowest BCUT2D eigenvalue weighted by atomic mass is 10.1. The van der Waals surface area contributed by atoms with Gasteiger partial charge in [-0.1, -0.05) is 0 Å². The van der Waals surface area contributed by atoms with E-state index in [1.807, 2.05) is 37.4 Å². The van der Waals surface area contributed by atoms with Gasteiger partial charge in [-0.25, -0.2) is 0 Å². The molecule has 3 rings (SSSR count). The summed E-state index contributed by atoms with van der Waals surface area (Å²) in [6.45, 7) is 8.93. The Bertz CT molecular complexity index is 672. The van der Waals surface area contributed by atoms with Crippen LogP contribution < -0.4 is 5.32 Å². The Labute approximate surface area is 155 Å². The second kappa shape index (κ2) is 7.78. The maximum atomic E-state index is 12.6. The zero-order valence-electron chi connectivity index (χ0n) is 16.4. The monoisotopic (exact) mass is 361 g/mol. The van der Waals surface area contributed by atoms with Gasteiger partial charge in [-0.15, -0.1) is 0 Å². The molecule has 1 atom stereocenters. The lowest BCUT2D eigenvalue weighted by Crippen LogP contribution is -2.55. The number of nitrogens with zero attached hydrogens (tertiary/aromatic N) is 4. The van der Waals surface area contributed by atoms with Gasteiger partial charge >= 0.3 is 0 Å². The van der Waals surface area contributed by atoms with E-state index < -0.39 is 0 Å². The molecule has 2 aliphatic rings. The molecule has 144 valence electrons. The fraction of sp³-hybridized carbons (Fsp3) is 0.737. The highest BCUT2D eigenvalue weighted by atomic mass is 16.2. The van der Waals surface area contributed by atoms with Crippen molar-refractivity contribution in [2.75, 3.05) is 26.2 Å². The first-order valence-corrected chi connectivity index (χ1v) is 9.68. The molecule has 1 saturated carbocycles. The van der Waals surface area contributed by atoms with Crippen molar-refractivity contribution >= 4 is 11.8 Å². The van der Waals surface area contributed by atoms with Crippen molar-refractivity contribution in [2.45, 2.75) is 58.5 Å². The molecule has 1 aromatic heterocycles. The molecule has 26 heavy (non-hydrogen) atoms. The molecule has 1 aromatic rings. The first kappa shape index (κ1) is 18.9. The van der Waals surface area contributed by atoms with Crippen LogP contribution in [0.4, 0.5) is 0 Å². The number of aromatic nitrogens is 2. The molecule has 0 radical (unpaired) electrons. The number of piperazine rings is 1. The van der Waals surface area contributed by atoms with Crippen molar-refractivity contribution in [3.8, 4) is 0 Å². The Morgan fingerprint density at radius 2 is 1.85 bits per heavy atom. The number of carbonyl (C=O) groups is 2. The summed E-state index contributed by atoms with van der Waals surface area (Å²) in [5.74, 6) is 0.317. The van der Waals surface area contributed by atoms with Gasteiger partial charge in [0.05, 0.1) is 11.7 Å². The van der Waals surface area contributed by atoms with Crippen molar-refractivity contribution in [2.24, 2.45) is 7.05 Å². The number of nitrogens with one attached hydrogen (secondary N) is 1. The summed E-state index contributed by atoms with van der Waals surface area (Å²) in [6.07, 6.45) is 3.48. The van der Waals surface area contributed by atoms with Crippen molar-refractivity contribution in [1.82, 2.24) is 24.9 Å². The smallest absolute Gasteiger partial charge is 0.237 e. The molecule has 1 N–H and O–H groups in total. The van der Waals surface area contributed by atoms with Crippen LogP contribution in [0, 0.1) is 13.8 Å². The highest BCUT2D eigenvalue weighted by Crippen LogP contribution is 2.19. The van der Waals surface area contributed by atoms with Crippen molar-refractivity contribution in [3.05, 3.63) is 17.0 Å². The van der Waals surface area contributed by atoms with E-state index >= 15 is 0 Å². The normalized spacial score (nSPS) is 19.5. The van der Waals surface area contributed by atoms with Crippen molar-refractivity contribution < 1.29 is 9.59 Å². The standard InChI is InChI=1S/C19H31N5O2/c1-13-17(14(2)22(4)21-13)7-8-18(25)24-11-9-23(10-12-24)15(3)19(26)20-16-5-6-16/h15-16H,5-12H2,1-4H3,(H,20,26). The largest absolute Gasteiger partial charge is 0.352 e. The van der Waals surface area contributed by atoms with Crippen molar-refractivity contribution in [3.63, 3.8) is 0 Å². The summed E-state index contributed by atoms with van der Waals surface area (Å²) in [4.78, 5) is 28.9. The number of aryl methyl sites for hydroxylation is 2. The zero-order valence-corrected chi connectivity index (χ0v) is 16.4. The Morgan fingerprint density at radius 3 is 2.38 bits per heavy atom. The predicted octanol–water partition coefficient (Wildman–Crippen LogP) is 0.781. The molecule has 1 unspecified atom stereocenters. The third kappa shape index (κ3) is 4.26. The minimum atomic E-state index is -0.117. The molecule has 1 aliphatic heterocycles. The van der Waals surface area contributed by atoms with Crippen molar-refractivity contribution in [1.29, 1.82) is 0 Å². The van der Waals surface area contributed by atoms with Crippen LogP contribution in [-0.2, 0) is 23.1 Å². The fourth-order valence-electron chi connectivity index (χ4n) is 3.64. The first-order valence-electron chi connectivity index (χ1n) is 9.68. The van der Waals surface area contributed by atoms with Gasteiger partial charge in [0.1, 0.15) is 0 Å². The fourth-order valence-corrected chi connectivity index (χ4v) is 3.64. The van der Waals surface area contributed by atoms with Crippen LogP contribution in [0.2, 0.25) is 0 Å². The minimum absolute atomic E-state index is 0.117. The SMILES string of the molecule is Cc1nn(C)c(C)c1CCC(=O)N1CCN(C(C)C(=O)NC2CC2)CC1. The lowest BCUT2D eigenvalue weighted by molar-refractivity contribution is -0.134. The summed E-state index contributed by atoms with van der Waals surface area (Å²) < 4.78 is 1.88. The average Bonchev–Trinajstić information content (AvgIpc) is 3.40. The molecule has 7 nitrogen and oxygen atoms in total. The van der Waals surface area contributed by atoms with Gasteiger partial charge in [-0.3, -0.25) is 19.2 Å². The Balaban J connectivity index is 1.45. The van der Waals surface area contributed by atoms with Crippen LogP contribution in [0.5, 0.6) is 0 Å². The molecule has 0 bridgehead atoms. The molecule has 2 amide bonds. The first-order chi connectivity index (χ1) is 12.4. The highest BCUT2D eigenvalue weighted by molar-refractivity contribution is 5.82. The van der Waals surface area contributed by atoms with Gasteiger partial charge in [0, 0.05) is 51.4 Å². The average molecular weight is 361 g/mol. The van der Waals surface area contributed by atoms with E-state index in [9.17, 15) is 9.59 Å². The number of carbonyl (C=O) groups excluding carboxylic acids is 2. The van der Waals surface area contributed by atoms with E-state index in [2.05, 4.69) is 15.3 Å². The Morgan fingerprint density at radius 1 is 1.19 bits per heavy atom. The zero-order chi connectivity index (χ0) is 18.8. The van der Waals surface area contributed by atoms with E-state index in [0.29, 0.717) is 25.6 Å². The van der Waals surface area contributed by atoms with E-state index in [1.54, 1.807) is 0 Å². The van der Waals surface area contributed by atoms with Gasteiger partial charge in [0.15, 0.2) is 0 Å². The Hall–Kier alpha value is -1.89. The predicted molar refractivity (Wildman–Crippen MR) is 99.8 cm³/mol. The van der Waals surface area contributed by atoms with E-state index in [0.717, 1.165) is 43.7 Å². The topological polar surface area (TPSA) is 70.5 Å².